The molecule has 0 aromatic carbocycles. The summed E-state index contributed by atoms with van der Waals surface area (Å²) in [6, 6.07) is 0. The van der Waals surface area contributed by atoms with Crippen molar-refractivity contribution >= 4 is 15.9 Å². The van der Waals surface area contributed by atoms with E-state index in [9.17, 15) is 0 Å². The Kier molecular flexibility index (Phi) is 2.45. The summed E-state index contributed by atoms with van der Waals surface area (Å²) in [7, 11) is 3.21. The highest BCUT2D eigenvalue weighted by atomic mass is 79.9. The summed E-state index contributed by atoms with van der Waals surface area (Å²) in [5.74, 6) is 2.23. The first-order valence-electron chi connectivity index (χ1n) is 5.92. The van der Waals surface area contributed by atoms with Crippen LogP contribution in [0.2, 0.25) is 0 Å². The van der Waals surface area contributed by atoms with Crippen molar-refractivity contribution in [2.45, 2.75) is 0 Å². The number of rotatable bonds is 0. The van der Waals surface area contributed by atoms with E-state index >= 15 is 0 Å². The molecular formula is C10H11BrN4. The Hall–Kier alpha value is -1.54. The molecule has 2 aromatic heterocycles. The van der Waals surface area contributed by atoms with Crippen molar-refractivity contribution < 1.29 is 5.48 Å². The summed E-state index contributed by atoms with van der Waals surface area (Å²) >= 11 is 3.04. The van der Waals surface area contributed by atoms with E-state index < -0.39 is 0 Å². The number of terminal acetylenes is 1. The van der Waals surface area contributed by atoms with E-state index in [0.29, 0.717) is 4.47 Å². The van der Waals surface area contributed by atoms with Crippen LogP contribution in [0.4, 0.5) is 0 Å². The third-order valence-corrected chi connectivity index (χ3v) is 1.64. The Morgan fingerprint density at radius 2 is 1.93 bits per heavy atom. The van der Waals surface area contributed by atoms with Crippen molar-refractivity contribution in [3.8, 4) is 12.3 Å². The molecule has 0 saturated heterocycles. The smallest absolute Gasteiger partial charge is 0.0873 e. The minimum Gasteiger partial charge on any atom is -0.275 e. The molecule has 0 aliphatic carbocycles. The van der Waals surface area contributed by atoms with E-state index in [0.717, 1.165) is 0 Å². The van der Waals surface area contributed by atoms with Gasteiger partial charge in [-0.3, -0.25) is 9.36 Å². The topological polar surface area (TPSA) is 35.6 Å². The van der Waals surface area contributed by atoms with Gasteiger partial charge in [0.15, 0.2) is 0 Å². The molecule has 0 aliphatic heterocycles. The first kappa shape index (κ1) is 6.85. The van der Waals surface area contributed by atoms with E-state index in [4.69, 9.17) is 11.9 Å². The van der Waals surface area contributed by atoms with Crippen LogP contribution >= 0.6 is 15.9 Å². The van der Waals surface area contributed by atoms with Crippen LogP contribution in [-0.2, 0) is 14.1 Å². The zero-order valence-electron chi connectivity index (χ0n) is 12.2. The number of nitrogens with zero attached hydrogens (tertiary/aromatic N) is 4. The molecular weight excluding hydrogens is 256 g/mol. The SMILES string of the molecule is [2H]c1nn(C)c([2H])c1Br.[2H]c1nn(C)c([2H])c1C#C. The van der Waals surface area contributed by atoms with E-state index in [1.54, 1.807) is 14.1 Å². The van der Waals surface area contributed by atoms with Gasteiger partial charge in [-0.1, -0.05) is 5.92 Å². The van der Waals surface area contributed by atoms with Gasteiger partial charge in [0.05, 0.1) is 27.9 Å². The molecule has 0 aliphatic rings. The van der Waals surface area contributed by atoms with E-state index in [2.05, 4.69) is 32.0 Å². The van der Waals surface area contributed by atoms with Gasteiger partial charge in [-0.15, -0.1) is 6.42 Å². The Balaban J connectivity index is 0.000000191. The molecule has 4 nitrogen and oxygen atoms in total. The maximum absolute atomic E-state index is 7.25. The summed E-state index contributed by atoms with van der Waals surface area (Å²) in [5, 5.41) is 7.29. The van der Waals surface area contributed by atoms with Gasteiger partial charge in [0.25, 0.3) is 0 Å². The molecule has 0 N–H and O–H groups in total. The predicted molar refractivity (Wildman–Crippen MR) is 62.1 cm³/mol. The molecule has 0 saturated carbocycles. The Morgan fingerprint density at radius 3 is 2.13 bits per heavy atom. The zero-order chi connectivity index (χ0) is 14.7. The molecule has 0 spiro atoms. The number of halogens is 1. The molecule has 0 unspecified atom stereocenters. The second-order valence-electron chi connectivity index (χ2n) is 2.53. The van der Waals surface area contributed by atoms with Gasteiger partial charge < -0.3 is 0 Å². The molecule has 5 heteroatoms. The van der Waals surface area contributed by atoms with Gasteiger partial charge in [-0.25, -0.2) is 0 Å². The van der Waals surface area contributed by atoms with Crippen LogP contribution in [0.15, 0.2) is 29.2 Å². The highest BCUT2D eigenvalue weighted by Gasteiger charge is 1.85. The van der Waals surface area contributed by atoms with Gasteiger partial charge in [0.1, 0.15) is 0 Å². The van der Waals surface area contributed by atoms with Crippen LogP contribution in [0.1, 0.15) is 11.0 Å². The monoisotopic (exact) mass is 270 g/mol. The van der Waals surface area contributed by atoms with Gasteiger partial charge >= 0.3 is 0 Å². The van der Waals surface area contributed by atoms with Crippen LogP contribution in [0.25, 0.3) is 0 Å². The van der Waals surface area contributed by atoms with Crippen LogP contribution in [0, 0.1) is 12.3 Å². The summed E-state index contributed by atoms with van der Waals surface area (Å²) < 4.78 is 31.7. The number of hydrogen-bond acceptors (Lipinski definition) is 2. The van der Waals surface area contributed by atoms with Gasteiger partial charge in [0, 0.05) is 26.4 Å². The normalized spacial score (nSPS) is 12.7. The fourth-order valence-electron chi connectivity index (χ4n) is 0.712. The molecule has 2 heterocycles. The molecule has 0 amide bonds. The molecule has 78 valence electrons. The fourth-order valence-corrected chi connectivity index (χ4v) is 1.05. The lowest BCUT2D eigenvalue weighted by molar-refractivity contribution is 0.767. The number of aromatic nitrogens is 4. The fraction of sp³-hybridized carbons (Fsp3) is 0.200. The molecule has 2 rings (SSSR count). The molecule has 0 radical (unpaired) electrons. The zero-order valence-corrected chi connectivity index (χ0v) is 9.83. The minimum atomic E-state index is -0.00463. The first-order valence-corrected chi connectivity index (χ1v) is 4.71. The Bertz CT molecular complexity index is 618. The van der Waals surface area contributed by atoms with Crippen molar-refractivity contribution in [3.05, 3.63) is 34.7 Å². The lowest BCUT2D eigenvalue weighted by atomic mass is 10.4. The van der Waals surface area contributed by atoms with Crippen molar-refractivity contribution in [2.24, 2.45) is 14.1 Å². The second-order valence-corrected chi connectivity index (χ2v) is 3.32. The number of aryl methyl sites for hydroxylation is 2. The highest BCUT2D eigenvalue weighted by Crippen LogP contribution is 2.03. The van der Waals surface area contributed by atoms with Gasteiger partial charge in [-0.05, 0) is 15.9 Å². The van der Waals surface area contributed by atoms with Crippen LogP contribution in [-0.4, -0.2) is 19.6 Å². The Morgan fingerprint density at radius 1 is 1.33 bits per heavy atom. The largest absolute Gasteiger partial charge is 0.275 e. The van der Waals surface area contributed by atoms with Crippen molar-refractivity contribution in [1.29, 1.82) is 0 Å². The van der Waals surface area contributed by atoms with Crippen LogP contribution in [0.5, 0.6) is 0 Å². The van der Waals surface area contributed by atoms with Crippen LogP contribution in [0.3, 0.4) is 0 Å². The predicted octanol–water partition coefficient (Wildman–Crippen LogP) is 1.58. The summed E-state index contributed by atoms with van der Waals surface area (Å²) in [4.78, 5) is 0. The standard InChI is InChI=1S/C6H6N2.C4H5BrN2/c1-3-6-4-7-8(2)5-6;1-7-3-4(5)2-6-7/h1,4-5H,2H3;2-3H,1H3/i4D,5D;2D,3D. The Labute approximate surface area is 103 Å². The molecule has 0 fully saturated rings. The second kappa shape index (κ2) is 5.37. The third kappa shape index (κ3) is 4.00. The van der Waals surface area contributed by atoms with Gasteiger partial charge in [0.2, 0.25) is 0 Å². The highest BCUT2D eigenvalue weighted by molar-refractivity contribution is 9.10. The average Bonchev–Trinajstić information content (AvgIpc) is 2.72. The van der Waals surface area contributed by atoms with Crippen molar-refractivity contribution in [1.82, 2.24) is 19.6 Å². The summed E-state index contributed by atoms with van der Waals surface area (Å²) in [6.45, 7) is 0. The molecule has 2 aromatic rings. The molecule has 0 atom stereocenters. The van der Waals surface area contributed by atoms with Crippen molar-refractivity contribution in [2.75, 3.05) is 0 Å². The van der Waals surface area contributed by atoms with Gasteiger partial charge in [-0.2, -0.15) is 10.2 Å². The maximum atomic E-state index is 7.25. The molecule has 15 heavy (non-hydrogen) atoms. The van der Waals surface area contributed by atoms with E-state index in [-0.39, 0.29) is 30.3 Å². The summed E-state index contributed by atoms with van der Waals surface area (Å²) in [6.07, 6.45) is 5.48. The van der Waals surface area contributed by atoms with Crippen molar-refractivity contribution in [3.63, 3.8) is 0 Å². The quantitative estimate of drug-likeness (QED) is 0.682. The van der Waals surface area contributed by atoms with E-state index in [1.807, 2.05) is 0 Å². The summed E-state index contributed by atoms with van der Waals surface area (Å²) in [5.41, 5.74) is 0.252. The minimum absolute atomic E-state index is 0.00463. The first-order chi connectivity index (χ1) is 8.79. The third-order valence-electron chi connectivity index (χ3n) is 1.29. The lowest BCUT2D eigenvalue weighted by Gasteiger charge is -1.78. The van der Waals surface area contributed by atoms with E-state index in [1.165, 1.54) is 9.36 Å². The molecule has 0 bridgehead atoms. The maximum Gasteiger partial charge on any atom is 0.0873 e. The average molecular weight is 271 g/mol. The van der Waals surface area contributed by atoms with Crippen LogP contribution < -0.4 is 0 Å². The number of hydrogen-bond donors (Lipinski definition) is 0. The lowest BCUT2D eigenvalue weighted by Crippen LogP contribution is -1.83.